The molecule has 0 spiro atoms. The Bertz CT molecular complexity index is 202. The van der Waals surface area contributed by atoms with Crippen LogP contribution in [0.1, 0.15) is 33.6 Å². The molecule has 0 aliphatic rings. The Morgan fingerprint density at radius 3 is 2.07 bits per heavy atom. The first kappa shape index (κ1) is 15.0. The number of alkyl halides is 1. The van der Waals surface area contributed by atoms with Crippen molar-refractivity contribution in [3.8, 4) is 0 Å². The van der Waals surface area contributed by atoms with E-state index in [-0.39, 0.29) is 19.6 Å². The van der Waals surface area contributed by atoms with Gasteiger partial charge in [-0.2, -0.15) is 0 Å². The summed E-state index contributed by atoms with van der Waals surface area (Å²) < 4.78 is 35.1. The van der Waals surface area contributed by atoms with E-state index in [1.807, 2.05) is 0 Å². The van der Waals surface area contributed by atoms with Gasteiger partial charge < -0.3 is 14.2 Å². The summed E-state index contributed by atoms with van der Waals surface area (Å²) in [5, 5.41) is 9.26. The largest absolute Gasteiger partial charge is 0.393 e. The zero-order valence-electron chi connectivity index (χ0n) is 9.48. The van der Waals surface area contributed by atoms with Gasteiger partial charge in [0.15, 0.2) is 0 Å². The van der Waals surface area contributed by atoms with Gasteiger partial charge in [-0.3, -0.25) is 4.57 Å². The van der Waals surface area contributed by atoms with Crippen LogP contribution in [-0.2, 0) is 13.6 Å². The smallest absolute Gasteiger partial charge is 0.364 e. The lowest BCUT2D eigenvalue weighted by Gasteiger charge is -2.21. The van der Waals surface area contributed by atoms with E-state index >= 15 is 0 Å². The van der Waals surface area contributed by atoms with Gasteiger partial charge in [-0.05, 0) is 20.3 Å². The van der Waals surface area contributed by atoms with Gasteiger partial charge in [-0.15, -0.1) is 0 Å². The zero-order valence-corrected chi connectivity index (χ0v) is 10.4. The maximum absolute atomic E-state index is 13.6. The molecule has 0 aromatic carbocycles. The third-order valence-corrected chi connectivity index (χ3v) is 4.03. The van der Waals surface area contributed by atoms with Crippen LogP contribution in [0.15, 0.2) is 0 Å². The molecule has 92 valence electrons. The molecule has 0 aliphatic carbocycles. The van der Waals surface area contributed by atoms with Gasteiger partial charge in [-0.1, -0.05) is 6.92 Å². The molecule has 4 nitrogen and oxygen atoms in total. The van der Waals surface area contributed by atoms with Crippen molar-refractivity contribution >= 4 is 7.60 Å². The van der Waals surface area contributed by atoms with Crippen LogP contribution in [0.2, 0.25) is 0 Å². The van der Waals surface area contributed by atoms with Gasteiger partial charge in [0.05, 0.1) is 19.3 Å². The second kappa shape index (κ2) is 7.34. The van der Waals surface area contributed by atoms with Crippen molar-refractivity contribution in [3.63, 3.8) is 0 Å². The van der Waals surface area contributed by atoms with Gasteiger partial charge in [0.25, 0.3) is 0 Å². The van der Waals surface area contributed by atoms with Crippen LogP contribution in [0.25, 0.3) is 0 Å². The molecule has 15 heavy (non-hydrogen) atoms. The third-order valence-electron chi connectivity index (χ3n) is 1.90. The first-order chi connectivity index (χ1) is 7.00. The SMILES string of the molecule is CCOP(=O)(OCC)C(F)C[C@@H](O)CC. The van der Waals surface area contributed by atoms with Crippen molar-refractivity contribution in [1.82, 2.24) is 0 Å². The second-order valence-corrected chi connectivity index (χ2v) is 5.26. The van der Waals surface area contributed by atoms with E-state index < -0.39 is 19.6 Å². The molecule has 0 aromatic heterocycles. The molecule has 0 aromatic rings. The summed E-state index contributed by atoms with van der Waals surface area (Å²) in [7, 11) is -3.70. The molecular formula is C9H20FO4P. The average Bonchev–Trinajstić information content (AvgIpc) is 2.18. The van der Waals surface area contributed by atoms with Crippen molar-refractivity contribution in [2.75, 3.05) is 13.2 Å². The van der Waals surface area contributed by atoms with Gasteiger partial charge in [0, 0.05) is 6.42 Å². The molecule has 0 bridgehead atoms. The minimum atomic E-state index is -3.70. The predicted molar refractivity (Wildman–Crippen MR) is 56.7 cm³/mol. The van der Waals surface area contributed by atoms with Crippen LogP contribution in [0, 0.1) is 0 Å². The van der Waals surface area contributed by atoms with Crippen LogP contribution < -0.4 is 0 Å². The molecule has 0 heterocycles. The highest BCUT2D eigenvalue weighted by atomic mass is 31.2. The lowest BCUT2D eigenvalue weighted by Crippen LogP contribution is -2.16. The van der Waals surface area contributed by atoms with Crippen LogP contribution in [0.3, 0.4) is 0 Å². The van der Waals surface area contributed by atoms with E-state index in [2.05, 4.69) is 0 Å². The predicted octanol–water partition coefficient (Wildman–Crippen LogP) is 2.71. The molecule has 0 rings (SSSR count). The van der Waals surface area contributed by atoms with E-state index in [1.54, 1.807) is 20.8 Å². The highest BCUT2D eigenvalue weighted by Gasteiger charge is 2.36. The zero-order chi connectivity index (χ0) is 11.9. The number of aliphatic hydroxyl groups is 1. The molecule has 2 atom stereocenters. The Kier molecular flexibility index (Phi) is 7.36. The molecule has 0 radical (unpaired) electrons. The van der Waals surface area contributed by atoms with Crippen LogP contribution in [0.4, 0.5) is 4.39 Å². The Morgan fingerprint density at radius 1 is 1.27 bits per heavy atom. The van der Waals surface area contributed by atoms with Crippen molar-refractivity contribution in [1.29, 1.82) is 0 Å². The Hall–Kier alpha value is 0.0400. The van der Waals surface area contributed by atoms with E-state index in [1.165, 1.54) is 0 Å². The summed E-state index contributed by atoms with van der Waals surface area (Å²) in [6, 6.07) is 0. The van der Waals surface area contributed by atoms with E-state index in [9.17, 15) is 14.1 Å². The molecule has 1 unspecified atom stereocenters. The second-order valence-electron chi connectivity index (χ2n) is 3.11. The minimum Gasteiger partial charge on any atom is -0.393 e. The van der Waals surface area contributed by atoms with Gasteiger partial charge >= 0.3 is 7.60 Å². The number of rotatable bonds is 8. The Labute approximate surface area is 90.3 Å². The third kappa shape index (κ3) is 5.07. The highest BCUT2D eigenvalue weighted by molar-refractivity contribution is 7.54. The first-order valence-electron chi connectivity index (χ1n) is 5.21. The summed E-state index contributed by atoms with van der Waals surface area (Å²) in [5.41, 5.74) is 0. The maximum Gasteiger partial charge on any atom is 0.364 e. The fourth-order valence-electron chi connectivity index (χ4n) is 1.08. The molecule has 0 fully saturated rings. The quantitative estimate of drug-likeness (QED) is 0.665. The van der Waals surface area contributed by atoms with Crippen LogP contribution in [-0.4, -0.2) is 30.3 Å². The van der Waals surface area contributed by atoms with Crippen molar-refractivity contribution in [3.05, 3.63) is 0 Å². The summed E-state index contributed by atoms with van der Waals surface area (Å²) in [5.74, 6) is -1.76. The molecule has 1 N–H and O–H groups in total. The van der Waals surface area contributed by atoms with Crippen LogP contribution >= 0.6 is 7.60 Å². The van der Waals surface area contributed by atoms with Crippen molar-refractivity contribution < 1.29 is 23.1 Å². The van der Waals surface area contributed by atoms with Gasteiger partial charge in [0.1, 0.15) is 0 Å². The number of hydrogen-bond acceptors (Lipinski definition) is 4. The summed E-state index contributed by atoms with van der Waals surface area (Å²) >= 11 is 0. The lowest BCUT2D eigenvalue weighted by molar-refractivity contribution is 0.121. The topological polar surface area (TPSA) is 55.8 Å². The fourth-order valence-corrected chi connectivity index (χ4v) is 2.70. The monoisotopic (exact) mass is 242 g/mol. The number of hydrogen-bond donors (Lipinski definition) is 1. The molecule has 0 saturated carbocycles. The van der Waals surface area contributed by atoms with E-state index in [0.717, 1.165) is 0 Å². The number of halogens is 1. The highest BCUT2D eigenvalue weighted by Crippen LogP contribution is 2.55. The first-order valence-corrected chi connectivity index (χ1v) is 6.82. The van der Waals surface area contributed by atoms with E-state index in [4.69, 9.17) is 9.05 Å². The molecular weight excluding hydrogens is 222 g/mol. The Balaban J connectivity index is 4.40. The summed E-state index contributed by atoms with van der Waals surface area (Å²) in [6.07, 6.45) is -0.610. The average molecular weight is 242 g/mol. The normalized spacial score (nSPS) is 16.3. The standard InChI is InChI=1S/C9H20FO4P/c1-4-8(11)7-9(10)15(12,13-5-2)14-6-3/h8-9,11H,4-7H2,1-3H3/t8-,9?/m0/s1. The minimum absolute atomic E-state index is 0.125. The molecule has 0 amide bonds. The van der Waals surface area contributed by atoms with Gasteiger partial charge in [-0.25, -0.2) is 4.39 Å². The Morgan fingerprint density at radius 2 is 1.73 bits per heavy atom. The lowest BCUT2D eigenvalue weighted by atomic mass is 10.2. The molecule has 0 aliphatic heterocycles. The summed E-state index contributed by atoms with van der Waals surface area (Å²) in [4.78, 5) is 0. The van der Waals surface area contributed by atoms with Crippen molar-refractivity contribution in [2.45, 2.75) is 45.6 Å². The van der Waals surface area contributed by atoms with Crippen LogP contribution in [0.5, 0.6) is 0 Å². The van der Waals surface area contributed by atoms with Crippen molar-refractivity contribution in [2.24, 2.45) is 0 Å². The molecule has 6 heteroatoms. The number of aliphatic hydroxyl groups excluding tert-OH is 1. The molecule has 0 saturated heterocycles. The van der Waals surface area contributed by atoms with E-state index in [0.29, 0.717) is 6.42 Å². The van der Waals surface area contributed by atoms with Gasteiger partial charge in [0.2, 0.25) is 5.91 Å². The summed E-state index contributed by atoms with van der Waals surface area (Å²) in [6.45, 7) is 5.22. The maximum atomic E-state index is 13.6. The fraction of sp³-hybridized carbons (Fsp3) is 1.00.